The number of likely N-dealkylation sites (tertiary alicyclic amines) is 2. The topological polar surface area (TPSA) is 99.5 Å². The van der Waals surface area contributed by atoms with Gasteiger partial charge in [0, 0.05) is 25.2 Å². The van der Waals surface area contributed by atoms with Crippen LogP contribution in [0.1, 0.15) is 36.8 Å². The lowest BCUT2D eigenvalue weighted by molar-refractivity contribution is -0.147. The highest BCUT2D eigenvalue weighted by atomic mass is 16.5. The van der Waals surface area contributed by atoms with Gasteiger partial charge in [-0.1, -0.05) is 60.7 Å². The lowest BCUT2D eigenvalue weighted by atomic mass is 10.2. The molecule has 2 fully saturated rings. The summed E-state index contributed by atoms with van der Waals surface area (Å²) in [7, 11) is 2.82. The normalized spacial score (nSPS) is 24.1. The maximum Gasteiger partial charge on any atom is 0.323 e. The monoisotopic (exact) mass is 498 g/mol. The molecule has 0 saturated carbocycles. The van der Waals surface area contributed by atoms with Gasteiger partial charge in [-0.25, -0.2) is 0 Å². The first-order valence-corrected chi connectivity index (χ1v) is 12.5. The molecule has 2 saturated heterocycles. The van der Waals surface area contributed by atoms with Crippen LogP contribution in [0.3, 0.4) is 0 Å². The molecule has 0 aliphatic carbocycles. The van der Waals surface area contributed by atoms with Crippen LogP contribution in [0.4, 0.5) is 0 Å². The zero-order valence-electron chi connectivity index (χ0n) is 21.2. The average molecular weight is 499 g/mol. The van der Waals surface area contributed by atoms with Crippen LogP contribution in [0, 0.1) is 0 Å². The van der Waals surface area contributed by atoms with Gasteiger partial charge in [-0.05, 0) is 36.8 Å². The molecular weight excluding hydrogens is 460 g/mol. The molecule has 4 atom stereocenters. The lowest BCUT2D eigenvalue weighted by Crippen LogP contribution is -2.42. The summed E-state index contributed by atoms with van der Waals surface area (Å²) in [6, 6.07) is 19.6. The number of benzene rings is 2. The number of esters is 2. The summed E-state index contributed by atoms with van der Waals surface area (Å²) < 4.78 is 9.67. The van der Waals surface area contributed by atoms with E-state index in [0.29, 0.717) is 13.1 Å². The van der Waals surface area contributed by atoms with Crippen molar-refractivity contribution in [2.45, 2.75) is 62.9 Å². The molecule has 0 bridgehead atoms. The Morgan fingerprint density at radius 3 is 1.36 bits per heavy atom. The predicted molar refractivity (Wildman–Crippen MR) is 136 cm³/mol. The Balaban J connectivity index is 0.000000201. The second-order valence-corrected chi connectivity index (χ2v) is 9.22. The maximum absolute atomic E-state index is 11.7. The van der Waals surface area contributed by atoms with Gasteiger partial charge < -0.3 is 19.7 Å². The van der Waals surface area contributed by atoms with E-state index in [-0.39, 0.29) is 49.3 Å². The van der Waals surface area contributed by atoms with Crippen LogP contribution in [-0.2, 0) is 32.2 Å². The number of ether oxygens (including phenoxy) is 2. The Morgan fingerprint density at radius 1 is 0.694 bits per heavy atom. The Morgan fingerprint density at radius 2 is 1.06 bits per heavy atom. The van der Waals surface area contributed by atoms with Crippen molar-refractivity contribution in [1.29, 1.82) is 0 Å². The maximum atomic E-state index is 11.7. The number of methoxy groups -OCH3 is 2. The third-order valence-electron chi connectivity index (χ3n) is 7.07. The van der Waals surface area contributed by atoms with Crippen LogP contribution < -0.4 is 0 Å². The molecule has 2 aliphatic rings. The second-order valence-electron chi connectivity index (χ2n) is 9.22. The molecule has 2 aromatic carbocycles. The number of aliphatic hydroxyl groups is 2. The molecule has 2 aromatic rings. The first kappa shape index (κ1) is 27.8. The molecule has 0 unspecified atom stereocenters. The fourth-order valence-electron chi connectivity index (χ4n) is 5.11. The van der Waals surface area contributed by atoms with Gasteiger partial charge in [-0.15, -0.1) is 0 Å². The Labute approximate surface area is 213 Å². The van der Waals surface area contributed by atoms with Gasteiger partial charge in [0.15, 0.2) is 0 Å². The van der Waals surface area contributed by atoms with Crippen molar-refractivity contribution in [3.05, 3.63) is 71.8 Å². The van der Waals surface area contributed by atoms with E-state index >= 15 is 0 Å². The molecule has 2 aliphatic heterocycles. The first-order valence-electron chi connectivity index (χ1n) is 12.5. The van der Waals surface area contributed by atoms with Crippen LogP contribution in [0.25, 0.3) is 0 Å². The molecule has 8 nitrogen and oxygen atoms in total. The summed E-state index contributed by atoms with van der Waals surface area (Å²) in [4.78, 5) is 27.5. The van der Waals surface area contributed by atoms with E-state index < -0.39 is 0 Å². The van der Waals surface area contributed by atoms with Crippen LogP contribution in [0.15, 0.2) is 60.7 Å². The van der Waals surface area contributed by atoms with E-state index in [9.17, 15) is 19.8 Å². The van der Waals surface area contributed by atoms with Crippen LogP contribution in [-0.4, -0.2) is 83.6 Å². The quantitative estimate of drug-likeness (QED) is 0.536. The van der Waals surface area contributed by atoms with Gasteiger partial charge in [0.05, 0.1) is 27.4 Å². The molecule has 4 rings (SSSR count). The van der Waals surface area contributed by atoms with Crippen molar-refractivity contribution in [3.8, 4) is 0 Å². The van der Waals surface area contributed by atoms with E-state index in [1.165, 1.54) is 14.2 Å². The van der Waals surface area contributed by atoms with Crippen LogP contribution in [0.5, 0.6) is 0 Å². The first-order chi connectivity index (χ1) is 17.5. The third kappa shape index (κ3) is 7.13. The van der Waals surface area contributed by atoms with Gasteiger partial charge in [0.1, 0.15) is 12.1 Å². The zero-order chi connectivity index (χ0) is 25.9. The molecule has 2 N–H and O–H groups in total. The standard InChI is InChI=1S/2C14H19NO3/c2*1-18-14(17)13-8-7-12(10-16)15(13)9-11-5-3-2-4-6-11/h2*2-6,12-13,16H,7-10H2,1H3/t2*12-,13-/m10/s1. The number of nitrogens with zero attached hydrogens (tertiary/aromatic N) is 2. The number of aliphatic hydroxyl groups excluding tert-OH is 2. The minimum Gasteiger partial charge on any atom is -0.468 e. The van der Waals surface area contributed by atoms with Crippen molar-refractivity contribution in [2.75, 3.05) is 27.4 Å². The Bertz CT molecular complexity index is 864. The van der Waals surface area contributed by atoms with Gasteiger partial charge >= 0.3 is 11.9 Å². The molecule has 36 heavy (non-hydrogen) atoms. The van der Waals surface area contributed by atoms with Gasteiger partial charge in [-0.2, -0.15) is 0 Å². The third-order valence-corrected chi connectivity index (χ3v) is 7.07. The van der Waals surface area contributed by atoms with E-state index in [1.807, 2.05) is 70.5 Å². The Hall–Kier alpha value is -2.78. The fraction of sp³-hybridized carbons (Fsp3) is 0.500. The molecular formula is C28H38N2O6. The second kappa shape index (κ2) is 14.1. The minimum absolute atomic E-state index is 0.0503. The highest BCUT2D eigenvalue weighted by Gasteiger charge is 2.38. The van der Waals surface area contributed by atoms with E-state index in [2.05, 4.69) is 0 Å². The number of carbonyl (C=O) groups excluding carboxylic acids is 2. The van der Waals surface area contributed by atoms with Crippen LogP contribution in [0.2, 0.25) is 0 Å². The summed E-state index contributed by atoms with van der Waals surface area (Å²) in [5.74, 6) is -0.413. The average Bonchev–Trinajstić information content (AvgIpc) is 3.52. The highest BCUT2D eigenvalue weighted by molar-refractivity contribution is 5.76. The summed E-state index contributed by atoms with van der Waals surface area (Å²) in [5, 5.41) is 18.8. The summed E-state index contributed by atoms with van der Waals surface area (Å²) in [5.41, 5.74) is 2.29. The van der Waals surface area contributed by atoms with Crippen molar-refractivity contribution < 1.29 is 29.3 Å². The van der Waals surface area contributed by atoms with E-state index in [0.717, 1.165) is 36.8 Å². The molecule has 0 amide bonds. The van der Waals surface area contributed by atoms with Crippen molar-refractivity contribution in [1.82, 2.24) is 9.80 Å². The fourth-order valence-corrected chi connectivity index (χ4v) is 5.11. The number of carbonyl (C=O) groups is 2. The number of rotatable bonds is 8. The van der Waals surface area contributed by atoms with Gasteiger partial charge in [0.2, 0.25) is 0 Å². The lowest BCUT2D eigenvalue weighted by Gasteiger charge is -2.27. The summed E-state index contributed by atoms with van der Waals surface area (Å²) in [6.07, 6.45) is 3.18. The van der Waals surface area contributed by atoms with Crippen molar-refractivity contribution in [3.63, 3.8) is 0 Å². The largest absolute Gasteiger partial charge is 0.468 e. The number of hydrogen-bond acceptors (Lipinski definition) is 8. The van der Waals surface area contributed by atoms with Crippen molar-refractivity contribution in [2.24, 2.45) is 0 Å². The van der Waals surface area contributed by atoms with Crippen molar-refractivity contribution >= 4 is 11.9 Å². The molecule has 8 heteroatoms. The Kier molecular flexibility index (Phi) is 10.9. The summed E-state index contributed by atoms with van der Waals surface area (Å²) in [6.45, 7) is 1.51. The SMILES string of the molecule is COC(=O)[C@@H]1CC[C@@H](CO)N1Cc1ccccc1.COC(=O)[C@H]1CC[C@H](CO)N1Cc1ccccc1. The van der Waals surface area contributed by atoms with Gasteiger partial charge in [0.25, 0.3) is 0 Å². The summed E-state index contributed by atoms with van der Waals surface area (Å²) >= 11 is 0. The molecule has 0 radical (unpaired) electrons. The molecule has 0 aromatic heterocycles. The minimum atomic E-state index is -0.229. The smallest absolute Gasteiger partial charge is 0.323 e. The van der Waals surface area contributed by atoms with Gasteiger partial charge in [-0.3, -0.25) is 19.4 Å². The molecule has 0 spiro atoms. The van der Waals surface area contributed by atoms with Crippen LogP contribution >= 0.6 is 0 Å². The number of hydrogen-bond donors (Lipinski definition) is 2. The predicted octanol–water partition coefficient (Wildman–Crippen LogP) is 2.37. The highest BCUT2D eigenvalue weighted by Crippen LogP contribution is 2.28. The van der Waals surface area contributed by atoms with E-state index in [4.69, 9.17) is 9.47 Å². The molecule has 2 heterocycles. The van der Waals surface area contributed by atoms with E-state index in [1.54, 1.807) is 0 Å². The molecule has 196 valence electrons. The zero-order valence-corrected chi connectivity index (χ0v) is 21.2.